The van der Waals surface area contributed by atoms with Crippen LogP contribution >= 0.6 is 11.6 Å². The lowest BCUT2D eigenvalue weighted by molar-refractivity contribution is 0.333. The maximum absolute atomic E-state index is 6.04. The van der Waals surface area contributed by atoms with Gasteiger partial charge in [0.15, 0.2) is 0 Å². The number of para-hydroxylation sites is 2. The first-order valence-corrected chi connectivity index (χ1v) is 6.11. The highest BCUT2D eigenvalue weighted by atomic mass is 35.5. The second kappa shape index (κ2) is 6.17. The zero-order valence-corrected chi connectivity index (χ0v) is 10.7. The number of nitrogens with one attached hydrogen (secondary N) is 1. The van der Waals surface area contributed by atoms with Gasteiger partial charge in [-0.2, -0.15) is 0 Å². The molecule has 0 spiro atoms. The van der Waals surface area contributed by atoms with E-state index >= 15 is 0 Å². The van der Waals surface area contributed by atoms with E-state index < -0.39 is 0 Å². The highest BCUT2D eigenvalue weighted by Gasteiger charge is 2.02. The van der Waals surface area contributed by atoms with Crippen molar-refractivity contribution in [3.8, 4) is 5.75 Å². The molecule has 4 heteroatoms. The van der Waals surface area contributed by atoms with Crippen LogP contribution in [0, 0.1) is 0 Å². The fraction of sp³-hybridized carbons (Fsp3) is 0.143. The predicted octanol–water partition coefficient (Wildman–Crippen LogP) is 3.41. The molecule has 0 aliphatic carbocycles. The largest absolute Gasteiger partial charge is 0.492 e. The first-order chi connectivity index (χ1) is 8.77. The maximum Gasteiger partial charge on any atom is 0.119 e. The molecule has 2 aromatic carbocycles. The summed E-state index contributed by atoms with van der Waals surface area (Å²) in [5.74, 6) is 0.853. The number of nitrogen functional groups attached to an aromatic ring is 1. The van der Waals surface area contributed by atoms with Crippen LogP contribution in [0.4, 0.5) is 11.4 Å². The minimum atomic E-state index is 0.550. The molecule has 0 heterocycles. The molecule has 0 aromatic heterocycles. The summed E-state index contributed by atoms with van der Waals surface area (Å²) >= 11 is 6.04. The van der Waals surface area contributed by atoms with E-state index in [0.717, 1.165) is 11.4 Å². The molecule has 0 atom stereocenters. The first-order valence-electron chi connectivity index (χ1n) is 5.73. The van der Waals surface area contributed by atoms with Crippen LogP contribution in [0.5, 0.6) is 5.75 Å². The smallest absolute Gasteiger partial charge is 0.119 e. The van der Waals surface area contributed by atoms with Crippen LogP contribution in [-0.2, 0) is 0 Å². The van der Waals surface area contributed by atoms with Crippen molar-refractivity contribution in [1.82, 2.24) is 0 Å². The van der Waals surface area contributed by atoms with Gasteiger partial charge in [0.05, 0.1) is 16.4 Å². The third kappa shape index (κ3) is 3.31. The Morgan fingerprint density at radius 2 is 1.83 bits per heavy atom. The first kappa shape index (κ1) is 12.6. The Hall–Kier alpha value is -1.87. The maximum atomic E-state index is 6.04. The van der Waals surface area contributed by atoms with Gasteiger partial charge in [-0.25, -0.2) is 0 Å². The molecule has 0 saturated heterocycles. The molecule has 2 rings (SSSR count). The van der Waals surface area contributed by atoms with Gasteiger partial charge >= 0.3 is 0 Å². The fourth-order valence-electron chi connectivity index (χ4n) is 1.59. The third-order valence-corrected chi connectivity index (χ3v) is 2.78. The topological polar surface area (TPSA) is 47.3 Å². The Kier molecular flexibility index (Phi) is 4.31. The molecule has 0 aliphatic heterocycles. The van der Waals surface area contributed by atoms with E-state index in [4.69, 9.17) is 22.1 Å². The highest BCUT2D eigenvalue weighted by Crippen LogP contribution is 2.27. The molecule has 3 N–H and O–H groups in total. The summed E-state index contributed by atoms with van der Waals surface area (Å²) in [4.78, 5) is 0. The summed E-state index contributed by atoms with van der Waals surface area (Å²) in [5, 5.41) is 3.79. The van der Waals surface area contributed by atoms with Crippen molar-refractivity contribution in [2.24, 2.45) is 0 Å². The number of hydrogen-bond donors (Lipinski definition) is 2. The van der Waals surface area contributed by atoms with Gasteiger partial charge in [-0.05, 0) is 24.3 Å². The lowest BCUT2D eigenvalue weighted by Gasteiger charge is -2.11. The van der Waals surface area contributed by atoms with Crippen molar-refractivity contribution < 1.29 is 4.74 Å². The number of anilines is 2. The Balaban J connectivity index is 1.82. The van der Waals surface area contributed by atoms with Crippen LogP contribution in [-0.4, -0.2) is 13.2 Å². The van der Waals surface area contributed by atoms with Crippen molar-refractivity contribution >= 4 is 23.0 Å². The Morgan fingerprint density at radius 3 is 2.56 bits per heavy atom. The summed E-state index contributed by atoms with van der Waals surface area (Å²) in [6, 6.07) is 15.1. The number of nitrogens with two attached hydrogens (primary N) is 1. The van der Waals surface area contributed by atoms with Crippen molar-refractivity contribution in [2.75, 3.05) is 24.2 Å². The number of benzene rings is 2. The van der Waals surface area contributed by atoms with E-state index in [2.05, 4.69) is 5.32 Å². The molecule has 94 valence electrons. The lowest BCUT2D eigenvalue weighted by atomic mass is 10.2. The van der Waals surface area contributed by atoms with Crippen molar-refractivity contribution in [2.45, 2.75) is 0 Å². The molecule has 0 unspecified atom stereocenters. The summed E-state index contributed by atoms with van der Waals surface area (Å²) < 4.78 is 5.56. The molecule has 3 nitrogen and oxygen atoms in total. The van der Waals surface area contributed by atoms with Gasteiger partial charge in [-0.15, -0.1) is 0 Å². The van der Waals surface area contributed by atoms with Gasteiger partial charge in [0, 0.05) is 6.54 Å². The summed E-state index contributed by atoms with van der Waals surface area (Å²) in [6.07, 6.45) is 0. The SMILES string of the molecule is Nc1cccc(Cl)c1NCCOc1ccccc1. The second-order valence-electron chi connectivity index (χ2n) is 3.79. The quantitative estimate of drug-likeness (QED) is 0.641. The summed E-state index contributed by atoms with van der Waals surface area (Å²) in [7, 11) is 0. The molecule has 0 fully saturated rings. The molecule has 0 amide bonds. The number of rotatable bonds is 5. The van der Waals surface area contributed by atoms with Crippen LogP contribution < -0.4 is 15.8 Å². The fourth-order valence-corrected chi connectivity index (χ4v) is 1.84. The van der Waals surface area contributed by atoms with E-state index in [9.17, 15) is 0 Å². The minimum absolute atomic E-state index is 0.550. The van der Waals surface area contributed by atoms with E-state index in [0.29, 0.717) is 23.9 Å². The second-order valence-corrected chi connectivity index (χ2v) is 4.20. The molecular formula is C14H15ClN2O. The number of hydrogen-bond acceptors (Lipinski definition) is 3. The monoisotopic (exact) mass is 262 g/mol. The Morgan fingerprint density at radius 1 is 1.06 bits per heavy atom. The van der Waals surface area contributed by atoms with Gasteiger partial charge in [0.1, 0.15) is 12.4 Å². The van der Waals surface area contributed by atoms with Crippen LogP contribution in [0.1, 0.15) is 0 Å². The standard InChI is InChI=1S/C14H15ClN2O/c15-12-7-4-8-13(16)14(12)17-9-10-18-11-5-2-1-3-6-11/h1-8,17H,9-10,16H2. The van der Waals surface area contributed by atoms with Gasteiger partial charge in [0.2, 0.25) is 0 Å². The summed E-state index contributed by atoms with van der Waals surface area (Å²) in [5.41, 5.74) is 7.23. The van der Waals surface area contributed by atoms with E-state index in [1.807, 2.05) is 42.5 Å². The zero-order chi connectivity index (χ0) is 12.8. The highest BCUT2D eigenvalue weighted by molar-refractivity contribution is 6.33. The van der Waals surface area contributed by atoms with Crippen molar-refractivity contribution in [3.05, 3.63) is 53.6 Å². The van der Waals surface area contributed by atoms with Crippen molar-refractivity contribution in [3.63, 3.8) is 0 Å². The third-order valence-electron chi connectivity index (χ3n) is 2.46. The van der Waals surface area contributed by atoms with E-state index in [1.165, 1.54) is 0 Å². The average molecular weight is 263 g/mol. The number of ether oxygens (including phenoxy) is 1. The van der Waals surface area contributed by atoms with Gasteiger partial charge in [-0.1, -0.05) is 35.9 Å². The van der Waals surface area contributed by atoms with Gasteiger partial charge < -0.3 is 15.8 Å². The lowest BCUT2D eigenvalue weighted by Crippen LogP contribution is -2.12. The molecule has 0 saturated carbocycles. The van der Waals surface area contributed by atoms with E-state index in [1.54, 1.807) is 6.07 Å². The normalized spacial score (nSPS) is 10.1. The number of halogens is 1. The minimum Gasteiger partial charge on any atom is -0.492 e. The van der Waals surface area contributed by atoms with Crippen LogP contribution in [0.25, 0.3) is 0 Å². The van der Waals surface area contributed by atoms with Crippen LogP contribution in [0.3, 0.4) is 0 Å². The van der Waals surface area contributed by atoms with Gasteiger partial charge in [0.25, 0.3) is 0 Å². The molecule has 2 aromatic rings. The van der Waals surface area contributed by atoms with E-state index in [-0.39, 0.29) is 0 Å². The zero-order valence-electron chi connectivity index (χ0n) is 9.90. The Labute approximate surface area is 112 Å². The molecule has 0 bridgehead atoms. The molecular weight excluding hydrogens is 248 g/mol. The molecule has 18 heavy (non-hydrogen) atoms. The predicted molar refractivity (Wildman–Crippen MR) is 76.3 cm³/mol. The average Bonchev–Trinajstić information content (AvgIpc) is 2.38. The molecule has 0 radical (unpaired) electrons. The molecule has 0 aliphatic rings. The van der Waals surface area contributed by atoms with Crippen LogP contribution in [0.2, 0.25) is 5.02 Å². The van der Waals surface area contributed by atoms with Gasteiger partial charge in [-0.3, -0.25) is 0 Å². The Bertz CT molecular complexity index is 482. The summed E-state index contributed by atoms with van der Waals surface area (Å²) in [6.45, 7) is 1.19. The van der Waals surface area contributed by atoms with Crippen LogP contribution in [0.15, 0.2) is 48.5 Å². The van der Waals surface area contributed by atoms with Crippen molar-refractivity contribution in [1.29, 1.82) is 0 Å².